The number of ether oxygens (including phenoxy) is 3. The first-order valence-corrected chi connectivity index (χ1v) is 23.6. The Labute approximate surface area is 411 Å². The molecule has 376 valence electrons. The predicted octanol–water partition coefficient (Wildman–Crippen LogP) is 4.72. The number of carbonyl (C=O) groups excluding carboxylic acids is 6. The molecule has 71 heavy (non-hydrogen) atoms. The highest BCUT2D eigenvalue weighted by Gasteiger charge is 2.36. The Morgan fingerprint density at radius 1 is 0.901 bits per heavy atom. The van der Waals surface area contributed by atoms with E-state index in [-0.39, 0.29) is 75.8 Å². The van der Waals surface area contributed by atoms with Crippen molar-refractivity contribution < 1.29 is 47.4 Å². The molecule has 20 nitrogen and oxygen atoms in total. The molecular formula is C51H62N10O10. The molecule has 1 saturated heterocycles. The fourth-order valence-corrected chi connectivity index (χ4v) is 8.43. The van der Waals surface area contributed by atoms with Crippen LogP contribution >= 0.6 is 0 Å². The topological polar surface area (TPSA) is 256 Å². The molecular weight excluding hydrogens is 913 g/mol. The van der Waals surface area contributed by atoms with Gasteiger partial charge in [-0.3, -0.25) is 14.4 Å². The zero-order chi connectivity index (χ0) is 50.4. The lowest BCUT2D eigenvalue weighted by Crippen LogP contribution is -2.51. The normalized spacial score (nSPS) is 14.9. The summed E-state index contributed by atoms with van der Waals surface area (Å²) >= 11 is 0. The fourth-order valence-electron chi connectivity index (χ4n) is 8.43. The number of likely N-dealkylation sites (N-methyl/N-ethyl adjacent to an activating group) is 1. The van der Waals surface area contributed by atoms with Gasteiger partial charge in [-0.05, 0) is 86.8 Å². The Bertz CT molecular complexity index is 2730. The van der Waals surface area contributed by atoms with E-state index in [4.69, 9.17) is 30.1 Å². The predicted molar refractivity (Wildman–Crippen MR) is 269 cm³/mol. The van der Waals surface area contributed by atoms with E-state index in [2.05, 4.69) is 27.3 Å². The lowest BCUT2D eigenvalue weighted by molar-refractivity contribution is -0.126. The lowest BCUT2D eigenvalue weighted by Gasteiger charge is -2.33. The first kappa shape index (κ1) is 51.2. The molecule has 1 fully saturated rings. The number of hydrogen-bond donors (Lipinski definition) is 6. The number of hydrogen-bond acceptors (Lipinski definition) is 13. The molecule has 3 heterocycles. The SMILES string of the molecule is C/C=C/C1CN(C(=O)c2cc3cc(OCCN(C)C)ccc3o2)c2cc(OC(=O)N3CCN(C(=O)OCc4ccc(NC(=O)[C@H](CCCNC(N)=O)NC(=O)CNCCN)cc4)CC3)c3ccccc3c21. The molecule has 5 aromatic rings. The molecule has 0 aliphatic carbocycles. The number of nitrogens with two attached hydrogens (primary N) is 2. The van der Waals surface area contributed by atoms with Gasteiger partial charge in [-0.25, -0.2) is 14.4 Å². The Hall–Kier alpha value is -7.68. The maximum atomic E-state index is 14.3. The maximum absolute atomic E-state index is 14.3. The molecule has 2 aliphatic heterocycles. The third kappa shape index (κ3) is 13.4. The second-order valence-electron chi connectivity index (χ2n) is 17.5. The third-order valence-corrected chi connectivity index (χ3v) is 12.0. The first-order chi connectivity index (χ1) is 34.3. The van der Waals surface area contributed by atoms with Crippen LogP contribution in [-0.4, -0.2) is 143 Å². The number of fused-ring (bicyclic) bond motifs is 4. The van der Waals surface area contributed by atoms with Crippen molar-refractivity contribution in [2.24, 2.45) is 11.5 Å². The van der Waals surface area contributed by atoms with Gasteiger partial charge < -0.3 is 71.0 Å². The van der Waals surface area contributed by atoms with E-state index in [1.165, 1.54) is 9.80 Å². The van der Waals surface area contributed by atoms with Gasteiger partial charge in [-0.2, -0.15) is 0 Å². The average Bonchev–Trinajstić information content (AvgIpc) is 3.96. The largest absolute Gasteiger partial charge is 0.492 e. The molecule has 0 radical (unpaired) electrons. The molecule has 0 spiro atoms. The van der Waals surface area contributed by atoms with E-state index >= 15 is 0 Å². The van der Waals surface area contributed by atoms with Crippen molar-refractivity contribution in [2.45, 2.75) is 38.3 Å². The Morgan fingerprint density at radius 3 is 2.34 bits per heavy atom. The highest BCUT2D eigenvalue weighted by atomic mass is 16.6. The molecule has 8 N–H and O–H groups in total. The Kier molecular flexibility index (Phi) is 17.5. The summed E-state index contributed by atoms with van der Waals surface area (Å²) in [7, 11) is 3.96. The molecule has 1 unspecified atom stereocenters. The van der Waals surface area contributed by atoms with Gasteiger partial charge in [0.2, 0.25) is 11.8 Å². The second-order valence-corrected chi connectivity index (χ2v) is 17.5. The number of anilines is 2. The van der Waals surface area contributed by atoms with Crippen LogP contribution in [0.5, 0.6) is 11.5 Å². The number of amides is 7. The van der Waals surface area contributed by atoms with Gasteiger partial charge >= 0.3 is 18.2 Å². The van der Waals surface area contributed by atoms with Crippen molar-refractivity contribution in [3.63, 3.8) is 0 Å². The number of furan rings is 1. The van der Waals surface area contributed by atoms with Crippen LogP contribution in [0.15, 0.2) is 95.4 Å². The number of primary amides is 1. The monoisotopic (exact) mass is 974 g/mol. The van der Waals surface area contributed by atoms with Gasteiger partial charge in [0.15, 0.2) is 5.76 Å². The zero-order valence-corrected chi connectivity index (χ0v) is 40.2. The first-order valence-electron chi connectivity index (χ1n) is 23.6. The van der Waals surface area contributed by atoms with Crippen LogP contribution in [-0.2, 0) is 20.9 Å². The van der Waals surface area contributed by atoms with Crippen molar-refractivity contribution in [3.05, 3.63) is 108 Å². The Balaban J connectivity index is 0.943. The number of allylic oxidation sites excluding steroid dienone is 1. The van der Waals surface area contributed by atoms with Crippen LogP contribution in [0.3, 0.4) is 0 Å². The summed E-state index contributed by atoms with van der Waals surface area (Å²) in [5.41, 5.74) is 13.9. The summed E-state index contributed by atoms with van der Waals surface area (Å²) in [4.78, 5) is 84.8. The van der Waals surface area contributed by atoms with E-state index in [0.29, 0.717) is 66.7 Å². The van der Waals surface area contributed by atoms with Gasteiger partial charge in [0.1, 0.15) is 36.3 Å². The van der Waals surface area contributed by atoms with E-state index in [0.717, 1.165) is 28.3 Å². The van der Waals surface area contributed by atoms with Gasteiger partial charge in [0.05, 0.1) is 12.2 Å². The molecule has 2 aliphatic rings. The number of nitrogens with one attached hydrogen (secondary N) is 4. The molecule has 20 heteroatoms. The van der Waals surface area contributed by atoms with Crippen LogP contribution < -0.4 is 47.1 Å². The van der Waals surface area contributed by atoms with E-state index in [1.54, 1.807) is 47.4 Å². The lowest BCUT2D eigenvalue weighted by atomic mass is 9.94. The van der Waals surface area contributed by atoms with E-state index < -0.39 is 30.2 Å². The van der Waals surface area contributed by atoms with Crippen LogP contribution in [0.2, 0.25) is 0 Å². The minimum absolute atomic E-state index is 0.0187. The molecule has 2 atom stereocenters. The molecule has 0 saturated carbocycles. The molecule has 1 aromatic heterocycles. The summed E-state index contributed by atoms with van der Waals surface area (Å²) < 4.78 is 23.7. The van der Waals surface area contributed by atoms with Crippen LogP contribution in [0, 0.1) is 0 Å². The summed E-state index contributed by atoms with van der Waals surface area (Å²) in [5, 5.41) is 13.2. The maximum Gasteiger partial charge on any atom is 0.415 e. The fraction of sp³-hybridized carbons (Fsp3) is 0.373. The number of rotatable bonds is 20. The summed E-state index contributed by atoms with van der Waals surface area (Å²) in [6, 6.07) is 21.7. The zero-order valence-electron chi connectivity index (χ0n) is 40.2. The van der Waals surface area contributed by atoms with Gasteiger partial charge in [0, 0.05) is 87.3 Å². The van der Waals surface area contributed by atoms with Gasteiger partial charge in [0.25, 0.3) is 5.91 Å². The van der Waals surface area contributed by atoms with Crippen molar-refractivity contribution in [1.82, 2.24) is 30.7 Å². The Morgan fingerprint density at radius 2 is 1.63 bits per heavy atom. The van der Waals surface area contributed by atoms with E-state index in [1.807, 2.05) is 68.4 Å². The highest BCUT2D eigenvalue weighted by Crippen LogP contribution is 2.46. The number of benzene rings is 4. The summed E-state index contributed by atoms with van der Waals surface area (Å²) in [6.45, 7) is 5.33. The molecule has 0 bridgehead atoms. The third-order valence-electron chi connectivity index (χ3n) is 12.0. The van der Waals surface area contributed by atoms with Crippen molar-refractivity contribution in [1.29, 1.82) is 0 Å². The van der Waals surface area contributed by atoms with Crippen LogP contribution in [0.1, 0.15) is 47.4 Å². The van der Waals surface area contributed by atoms with E-state index in [9.17, 15) is 28.8 Å². The average molecular weight is 975 g/mol. The molecule has 7 rings (SSSR count). The number of nitrogens with zero attached hydrogens (tertiary/aromatic N) is 4. The number of urea groups is 1. The summed E-state index contributed by atoms with van der Waals surface area (Å²) in [6.07, 6.45) is 3.51. The standard InChI is InChI=1S/C51H62N10O10/c1-4-8-34-31-61(48(64)44-28-35-27-37(16-17-42(35)70-44)68-26-25-58(2)3)41-29-43(38-9-5-6-10-39(38)46(34)41)71-51(67)60-23-21-59(22-24-60)50(66)69-32-33-12-14-36(15-13-33)56-47(63)40(11-7-19-55-49(53)65)57-45(62)30-54-20-18-52/h4-6,8-10,12-17,27-29,34,40,54H,7,11,18-26,30-32,52H2,1-3H3,(H,56,63)(H,57,62)(H3,53,55,65)/b8-4+/t34?,40-/m0/s1. The van der Waals surface area contributed by atoms with Crippen molar-refractivity contribution in [2.75, 3.05) is 96.4 Å². The smallest absolute Gasteiger partial charge is 0.415 e. The minimum Gasteiger partial charge on any atom is -0.492 e. The molecule has 4 aromatic carbocycles. The summed E-state index contributed by atoms with van der Waals surface area (Å²) in [5.74, 6) is -0.139. The highest BCUT2D eigenvalue weighted by molar-refractivity contribution is 6.11. The van der Waals surface area contributed by atoms with Gasteiger partial charge in [-0.15, -0.1) is 0 Å². The van der Waals surface area contributed by atoms with Crippen molar-refractivity contribution >= 4 is 69.1 Å². The van der Waals surface area contributed by atoms with Crippen LogP contribution in [0.25, 0.3) is 21.7 Å². The number of piperazine rings is 1. The minimum atomic E-state index is -0.887. The van der Waals surface area contributed by atoms with Crippen LogP contribution in [0.4, 0.5) is 25.8 Å². The van der Waals surface area contributed by atoms with Gasteiger partial charge in [-0.1, -0.05) is 48.6 Å². The second kappa shape index (κ2) is 24.2. The molecule has 7 amide bonds. The quantitative estimate of drug-likeness (QED) is 0.0457. The van der Waals surface area contributed by atoms with Crippen molar-refractivity contribution in [3.8, 4) is 11.5 Å². The number of carbonyl (C=O) groups is 6.